The summed E-state index contributed by atoms with van der Waals surface area (Å²) in [6.45, 7) is 4.28. The molecule has 3 rings (SSSR count). The standard InChI is InChI=1S/C18H18BrClN2O2/c1-11-18(20)12(2)22(21-11)9-16(23)10-24-17-6-4-13-7-15(19)5-3-14(13)8-17/h3-8,16,23H,9-10H2,1-2H3/t16-/m0/s1. The third kappa shape index (κ3) is 3.74. The molecule has 126 valence electrons. The maximum absolute atomic E-state index is 10.2. The minimum atomic E-state index is -0.667. The second kappa shape index (κ2) is 7.13. The molecular formula is C18H18BrClN2O2. The number of aliphatic hydroxyl groups is 1. The average Bonchev–Trinajstić information content (AvgIpc) is 2.80. The molecule has 0 aliphatic heterocycles. The molecule has 4 nitrogen and oxygen atoms in total. The van der Waals surface area contributed by atoms with Crippen LogP contribution in [-0.4, -0.2) is 27.6 Å². The first kappa shape index (κ1) is 17.3. The maximum atomic E-state index is 10.2. The lowest BCUT2D eigenvalue weighted by Gasteiger charge is -2.14. The van der Waals surface area contributed by atoms with Crippen molar-refractivity contribution in [1.82, 2.24) is 9.78 Å². The van der Waals surface area contributed by atoms with Gasteiger partial charge in [-0.25, -0.2) is 0 Å². The summed E-state index contributed by atoms with van der Waals surface area (Å²) in [6.07, 6.45) is -0.667. The second-order valence-corrected chi connectivity index (χ2v) is 7.08. The zero-order chi connectivity index (χ0) is 17.3. The third-order valence-electron chi connectivity index (χ3n) is 3.89. The van der Waals surface area contributed by atoms with Gasteiger partial charge in [0.15, 0.2) is 0 Å². The first-order chi connectivity index (χ1) is 11.4. The van der Waals surface area contributed by atoms with Gasteiger partial charge in [0, 0.05) is 4.47 Å². The summed E-state index contributed by atoms with van der Waals surface area (Å²) >= 11 is 9.58. The van der Waals surface area contributed by atoms with Crippen molar-refractivity contribution in [3.8, 4) is 5.75 Å². The number of rotatable bonds is 5. The number of benzene rings is 2. The zero-order valence-corrected chi connectivity index (χ0v) is 15.8. The molecular weight excluding hydrogens is 392 g/mol. The number of aromatic nitrogens is 2. The minimum Gasteiger partial charge on any atom is -0.491 e. The Balaban J connectivity index is 1.64. The van der Waals surface area contributed by atoms with E-state index in [1.54, 1.807) is 4.68 Å². The number of hydrogen-bond acceptors (Lipinski definition) is 3. The fraction of sp³-hybridized carbons (Fsp3) is 0.278. The van der Waals surface area contributed by atoms with E-state index < -0.39 is 6.10 Å². The highest BCUT2D eigenvalue weighted by atomic mass is 79.9. The van der Waals surface area contributed by atoms with E-state index in [4.69, 9.17) is 16.3 Å². The Labute approximate surface area is 154 Å². The molecule has 0 amide bonds. The highest BCUT2D eigenvalue weighted by Crippen LogP contribution is 2.24. The normalized spacial score (nSPS) is 12.5. The molecule has 1 aromatic heterocycles. The van der Waals surface area contributed by atoms with Crippen molar-refractivity contribution in [2.45, 2.75) is 26.5 Å². The molecule has 0 aliphatic rings. The van der Waals surface area contributed by atoms with Crippen LogP contribution in [0.25, 0.3) is 10.8 Å². The summed E-state index contributed by atoms with van der Waals surface area (Å²) in [7, 11) is 0. The smallest absolute Gasteiger partial charge is 0.120 e. The Morgan fingerprint density at radius 1 is 1.21 bits per heavy atom. The first-order valence-corrected chi connectivity index (χ1v) is 8.81. The van der Waals surface area contributed by atoms with Gasteiger partial charge in [-0.05, 0) is 48.9 Å². The van der Waals surface area contributed by atoms with E-state index in [9.17, 15) is 5.11 Å². The molecule has 0 unspecified atom stereocenters. The van der Waals surface area contributed by atoms with E-state index in [1.807, 2.05) is 44.2 Å². The lowest BCUT2D eigenvalue weighted by atomic mass is 10.1. The maximum Gasteiger partial charge on any atom is 0.120 e. The third-order valence-corrected chi connectivity index (χ3v) is 4.93. The van der Waals surface area contributed by atoms with Gasteiger partial charge in [-0.3, -0.25) is 4.68 Å². The van der Waals surface area contributed by atoms with Crippen LogP contribution in [-0.2, 0) is 6.54 Å². The molecule has 1 heterocycles. The van der Waals surface area contributed by atoms with Crippen LogP contribution in [0.3, 0.4) is 0 Å². The van der Waals surface area contributed by atoms with Crippen molar-refractivity contribution in [1.29, 1.82) is 0 Å². The molecule has 6 heteroatoms. The number of fused-ring (bicyclic) bond motifs is 1. The quantitative estimate of drug-likeness (QED) is 0.674. The van der Waals surface area contributed by atoms with Gasteiger partial charge in [-0.2, -0.15) is 5.10 Å². The van der Waals surface area contributed by atoms with E-state index in [0.29, 0.717) is 11.6 Å². The van der Waals surface area contributed by atoms with Crippen LogP contribution in [0.4, 0.5) is 0 Å². The predicted molar refractivity (Wildman–Crippen MR) is 99.9 cm³/mol. The van der Waals surface area contributed by atoms with E-state index in [1.165, 1.54) is 0 Å². The zero-order valence-electron chi connectivity index (χ0n) is 13.5. The van der Waals surface area contributed by atoms with Gasteiger partial charge >= 0.3 is 0 Å². The predicted octanol–water partition coefficient (Wildman–Crippen LogP) is 4.51. The molecule has 0 radical (unpaired) electrons. The van der Waals surface area contributed by atoms with Gasteiger partial charge in [0.25, 0.3) is 0 Å². The van der Waals surface area contributed by atoms with Gasteiger partial charge < -0.3 is 9.84 Å². The highest BCUT2D eigenvalue weighted by molar-refractivity contribution is 9.10. The van der Waals surface area contributed by atoms with Gasteiger partial charge in [0.05, 0.1) is 23.0 Å². The lowest BCUT2D eigenvalue weighted by molar-refractivity contribution is 0.0888. The van der Waals surface area contributed by atoms with Crippen LogP contribution >= 0.6 is 27.5 Å². The van der Waals surface area contributed by atoms with Crippen LogP contribution in [0.5, 0.6) is 5.75 Å². The number of nitrogens with zero attached hydrogens (tertiary/aromatic N) is 2. The van der Waals surface area contributed by atoms with Crippen molar-refractivity contribution in [2.24, 2.45) is 0 Å². The molecule has 2 aromatic carbocycles. The monoisotopic (exact) mass is 408 g/mol. The second-order valence-electron chi connectivity index (χ2n) is 5.79. The van der Waals surface area contributed by atoms with Crippen molar-refractivity contribution in [3.05, 3.63) is 57.3 Å². The molecule has 0 spiro atoms. The van der Waals surface area contributed by atoms with Crippen molar-refractivity contribution in [2.75, 3.05) is 6.61 Å². The number of ether oxygens (including phenoxy) is 1. The minimum absolute atomic E-state index is 0.192. The summed E-state index contributed by atoms with van der Waals surface area (Å²) in [5, 5.41) is 17.4. The largest absolute Gasteiger partial charge is 0.491 e. The van der Waals surface area contributed by atoms with Gasteiger partial charge in [0.2, 0.25) is 0 Å². The van der Waals surface area contributed by atoms with Crippen molar-refractivity contribution < 1.29 is 9.84 Å². The Morgan fingerprint density at radius 3 is 2.62 bits per heavy atom. The van der Waals surface area contributed by atoms with Crippen molar-refractivity contribution >= 4 is 38.3 Å². The first-order valence-electron chi connectivity index (χ1n) is 7.63. The number of halogens is 2. The summed E-state index contributed by atoms with van der Waals surface area (Å²) in [6, 6.07) is 12.0. The molecule has 0 fully saturated rings. The van der Waals surface area contributed by atoms with Gasteiger partial charge in [0.1, 0.15) is 18.5 Å². The molecule has 0 saturated carbocycles. The van der Waals surface area contributed by atoms with Gasteiger partial charge in [-0.1, -0.05) is 39.7 Å². The fourth-order valence-electron chi connectivity index (χ4n) is 2.58. The van der Waals surface area contributed by atoms with Crippen molar-refractivity contribution in [3.63, 3.8) is 0 Å². The number of aliphatic hydroxyl groups excluding tert-OH is 1. The van der Waals surface area contributed by atoms with Crippen LogP contribution in [0.15, 0.2) is 40.9 Å². The Kier molecular flexibility index (Phi) is 5.13. The van der Waals surface area contributed by atoms with Crippen LogP contribution in [0, 0.1) is 13.8 Å². The Morgan fingerprint density at radius 2 is 1.92 bits per heavy atom. The Bertz CT molecular complexity index is 879. The van der Waals surface area contributed by atoms with E-state index >= 15 is 0 Å². The molecule has 1 atom stereocenters. The number of aryl methyl sites for hydroxylation is 1. The van der Waals surface area contributed by atoms with Crippen LogP contribution in [0.1, 0.15) is 11.4 Å². The molecule has 24 heavy (non-hydrogen) atoms. The average molecular weight is 410 g/mol. The molecule has 0 saturated heterocycles. The number of hydrogen-bond donors (Lipinski definition) is 1. The van der Waals surface area contributed by atoms with Crippen LogP contribution in [0.2, 0.25) is 5.02 Å². The summed E-state index contributed by atoms with van der Waals surface area (Å²) in [5.41, 5.74) is 1.62. The highest BCUT2D eigenvalue weighted by Gasteiger charge is 2.13. The molecule has 3 aromatic rings. The van der Waals surface area contributed by atoms with E-state index in [2.05, 4.69) is 27.1 Å². The van der Waals surface area contributed by atoms with E-state index in [-0.39, 0.29) is 6.61 Å². The molecule has 1 N–H and O–H groups in total. The van der Waals surface area contributed by atoms with E-state index in [0.717, 1.165) is 32.4 Å². The molecule has 0 aliphatic carbocycles. The van der Waals surface area contributed by atoms with Crippen LogP contribution < -0.4 is 4.74 Å². The summed E-state index contributed by atoms with van der Waals surface area (Å²) < 4.78 is 8.48. The summed E-state index contributed by atoms with van der Waals surface area (Å²) in [5.74, 6) is 0.732. The Hall–Kier alpha value is -1.56. The summed E-state index contributed by atoms with van der Waals surface area (Å²) in [4.78, 5) is 0. The SMILES string of the molecule is Cc1nn(C[C@H](O)COc2ccc3cc(Br)ccc3c2)c(C)c1Cl. The topological polar surface area (TPSA) is 47.3 Å². The van der Waals surface area contributed by atoms with Gasteiger partial charge in [-0.15, -0.1) is 0 Å². The lowest BCUT2D eigenvalue weighted by Crippen LogP contribution is -2.24. The molecule has 0 bridgehead atoms. The fourth-order valence-corrected chi connectivity index (χ4v) is 3.10.